The van der Waals surface area contributed by atoms with Crippen LogP contribution in [0.4, 0.5) is 13.2 Å². The third kappa shape index (κ3) is 3.38. The van der Waals surface area contributed by atoms with Gasteiger partial charge in [0.2, 0.25) is 0 Å². The molecule has 0 amide bonds. The highest BCUT2D eigenvalue weighted by Crippen LogP contribution is 2.31. The summed E-state index contributed by atoms with van der Waals surface area (Å²) in [7, 11) is -5.41. The van der Waals surface area contributed by atoms with E-state index in [1.165, 1.54) is 6.20 Å². The molecule has 5 nitrogen and oxygen atoms in total. The van der Waals surface area contributed by atoms with Crippen molar-refractivity contribution in [3.8, 4) is 11.1 Å². The van der Waals surface area contributed by atoms with E-state index in [0.717, 1.165) is 16.7 Å². The van der Waals surface area contributed by atoms with Gasteiger partial charge in [0.05, 0.1) is 0 Å². The van der Waals surface area contributed by atoms with Crippen LogP contribution in [0.5, 0.6) is 0 Å². The molecule has 2 aromatic heterocycles. The molecule has 2 heterocycles. The first-order valence-corrected chi connectivity index (χ1v) is 8.75. The number of H-pyrrole nitrogens is 1. The molecule has 0 unspecified atom stereocenters. The third-order valence-electron chi connectivity index (χ3n) is 3.74. The normalized spacial score (nSPS) is 12.6. The summed E-state index contributed by atoms with van der Waals surface area (Å²) in [5.41, 5.74) is -1.84. The average Bonchev–Trinajstić information content (AvgIpc) is 2.95. The first-order valence-electron chi connectivity index (χ1n) is 7.27. The van der Waals surface area contributed by atoms with Crippen LogP contribution in [0.3, 0.4) is 0 Å². The molecule has 0 aliphatic carbocycles. The molecule has 0 aliphatic heterocycles. The van der Waals surface area contributed by atoms with Crippen molar-refractivity contribution < 1.29 is 21.6 Å². The molecule has 0 aliphatic rings. The maximum absolute atomic E-state index is 12.5. The van der Waals surface area contributed by atoms with Crippen LogP contribution in [0.2, 0.25) is 0 Å². The molecule has 0 atom stereocenters. The molecule has 0 fully saturated rings. The molecular formula is C16H14F3N3O2S. The summed E-state index contributed by atoms with van der Waals surface area (Å²) in [5, 5.41) is 0.581. The Kier molecular flexibility index (Phi) is 4.29. The van der Waals surface area contributed by atoms with E-state index in [1.807, 2.05) is 31.2 Å². The molecule has 3 aromatic rings. The van der Waals surface area contributed by atoms with Gasteiger partial charge in [0.1, 0.15) is 5.65 Å². The smallest absolute Gasteiger partial charge is 0.346 e. The number of aromatic nitrogens is 2. The lowest BCUT2D eigenvalue weighted by molar-refractivity contribution is -0.0448. The van der Waals surface area contributed by atoms with Crippen LogP contribution in [0.25, 0.3) is 22.2 Å². The highest BCUT2D eigenvalue weighted by atomic mass is 32.2. The Balaban J connectivity index is 2.04. The molecule has 0 saturated heterocycles. The molecule has 25 heavy (non-hydrogen) atoms. The number of rotatable bonds is 4. The van der Waals surface area contributed by atoms with E-state index in [-0.39, 0.29) is 0 Å². The van der Waals surface area contributed by atoms with Crippen LogP contribution < -0.4 is 4.72 Å². The highest BCUT2D eigenvalue weighted by Gasteiger charge is 2.45. The minimum absolute atomic E-state index is 0.382. The first kappa shape index (κ1) is 17.4. The van der Waals surface area contributed by atoms with Crippen molar-refractivity contribution in [2.45, 2.75) is 19.0 Å². The van der Waals surface area contributed by atoms with Crippen LogP contribution in [-0.4, -0.2) is 23.9 Å². The number of aryl methyl sites for hydroxylation is 1. The molecular weight excluding hydrogens is 355 g/mol. The number of sulfonamides is 1. The second-order valence-corrected chi connectivity index (χ2v) is 7.29. The number of nitrogens with one attached hydrogen (secondary N) is 2. The van der Waals surface area contributed by atoms with Crippen LogP contribution in [0.15, 0.2) is 42.7 Å². The second kappa shape index (κ2) is 6.16. The fourth-order valence-electron chi connectivity index (χ4n) is 2.57. The van der Waals surface area contributed by atoms with E-state index >= 15 is 0 Å². The van der Waals surface area contributed by atoms with E-state index in [4.69, 9.17) is 0 Å². The Morgan fingerprint density at radius 3 is 2.68 bits per heavy atom. The van der Waals surface area contributed by atoms with Gasteiger partial charge in [-0.1, -0.05) is 29.8 Å². The maximum atomic E-state index is 12.5. The number of hydrogen-bond donors (Lipinski definition) is 2. The van der Waals surface area contributed by atoms with E-state index in [2.05, 4.69) is 9.97 Å². The highest BCUT2D eigenvalue weighted by molar-refractivity contribution is 7.90. The van der Waals surface area contributed by atoms with Crippen LogP contribution >= 0.6 is 0 Å². The van der Waals surface area contributed by atoms with Crippen molar-refractivity contribution >= 4 is 21.1 Å². The van der Waals surface area contributed by atoms with Gasteiger partial charge in [-0.2, -0.15) is 13.2 Å². The summed E-state index contributed by atoms with van der Waals surface area (Å²) < 4.78 is 61.5. The van der Waals surface area contributed by atoms with Gasteiger partial charge in [0.15, 0.2) is 0 Å². The summed E-state index contributed by atoms with van der Waals surface area (Å²) in [6, 6.07) is 9.35. The van der Waals surface area contributed by atoms with Crippen molar-refractivity contribution in [2.75, 3.05) is 0 Å². The van der Waals surface area contributed by atoms with Gasteiger partial charge in [-0.15, -0.1) is 0 Å². The Bertz CT molecular complexity index is 1030. The Labute approximate surface area is 142 Å². The summed E-state index contributed by atoms with van der Waals surface area (Å²) in [4.78, 5) is 7.01. The van der Waals surface area contributed by atoms with E-state index < -0.39 is 22.1 Å². The number of fused-ring (bicyclic) bond motifs is 1. The standard InChI is InChI=1S/C16H14F3N3O2S/c1-10-3-2-4-11(7-10)13-5-6-20-15-14(13)12(8-21-15)9-22-25(23,24)16(17,18)19/h2-8,22H,9H2,1H3,(H,20,21). The minimum atomic E-state index is -5.41. The maximum Gasteiger partial charge on any atom is 0.511 e. The number of aromatic amines is 1. The van der Waals surface area contributed by atoms with Gasteiger partial charge in [-0.05, 0) is 29.7 Å². The number of nitrogens with zero attached hydrogens (tertiary/aromatic N) is 1. The Morgan fingerprint density at radius 1 is 1.24 bits per heavy atom. The molecule has 132 valence electrons. The van der Waals surface area contributed by atoms with Crippen LogP contribution in [0, 0.1) is 6.92 Å². The lowest BCUT2D eigenvalue weighted by atomic mass is 10.00. The predicted molar refractivity (Wildman–Crippen MR) is 88.1 cm³/mol. The molecule has 1 aromatic carbocycles. The third-order valence-corrected chi connectivity index (χ3v) is 4.88. The second-order valence-electron chi connectivity index (χ2n) is 5.54. The molecule has 0 bridgehead atoms. The van der Waals surface area contributed by atoms with Crippen molar-refractivity contribution in [2.24, 2.45) is 0 Å². The van der Waals surface area contributed by atoms with E-state index in [9.17, 15) is 21.6 Å². The fraction of sp³-hybridized carbons (Fsp3) is 0.188. The molecule has 0 radical (unpaired) electrons. The monoisotopic (exact) mass is 369 g/mol. The van der Waals surface area contributed by atoms with Crippen molar-refractivity contribution in [3.63, 3.8) is 0 Å². The van der Waals surface area contributed by atoms with E-state index in [0.29, 0.717) is 16.6 Å². The van der Waals surface area contributed by atoms with Gasteiger partial charge in [-0.25, -0.2) is 18.1 Å². The van der Waals surface area contributed by atoms with Crippen molar-refractivity contribution in [1.29, 1.82) is 0 Å². The fourth-order valence-corrected chi connectivity index (χ4v) is 3.08. The number of alkyl halides is 3. The number of hydrogen-bond acceptors (Lipinski definition) is 3. The van der Waals surface area contributed by atoms with Crippen LogP contribution in [0.1, 0.15) is 11.1 Å². The molecule has 2 N–H and O–H groups in total. The number of benzene rings is 1. The zero-order valence-corrected chi connectivity index (χ0v) is 13.9. The van der Waals surface area contributed by atoms with E-state index in [1.54, 1.807) is 17.0 Å². The molecule has 0 spiro atoms. The minimum Gasteiger partial charge on any atom is -0.346 e. The van der Waals surface area contributed by atoms with Gasteiger partial charge < -0.3 is 4.98 Å². The van der Waals surface area contributed by atoms with Crippen molar-refractivity contribution in [3.05, 3.63) is 53.9 Å². The van der Waals surface area contributed by atoms with Gasteiger partial charge >= 0.3 is 15.5 Å². The summed E-state index contributed by atoms with van der Waals surface area (Å²) in [6.45, 7) is 1.43. The molecule has 3 rings (SSSR count). The lowest BCUT2D eigenvalue weighted by Gasteiger charge is -2.10. The average molecular weight is 369 g/mol. The number of halogens is 3. The van der Waals surface area contributed by atoms with Gasteiger partial charge in [0, 0.05) is 24.3 Å². The predicted octanol–water partition coefficient (Wildman–Crippen LogP) is 3.48. The largest absolute Gasteiger partial charge is 0.511 e. The van der Waals surface area contributed by atoms with Gasteiger partial charge in [-0.3, -0.25) is 0 Å². The molecule has 9 heteroatoms. The SMILES string of the molecule is Cc1cccc(-c2ccnc3[nH]cc(CNS(=O)(=O)C(F)(F)F)c23)c1. The van der Waals surface area contributed by atoms with Crippen LogP contribution in [-0.2, 0) is 16.6 Å². The van der Waals surface area contributed by atoms with Gasteiger partial charge in [0.25, 0.3) is 0 Å². The Hall–Kier alpha value is -2.39. The molecule has 0 saturated carbocycles. The van der Waals surface area contributed by atoms with Crippen molar-refractivity contribution in [1.82, 2.24) is 14.7 Å². The number of pyridine rings is 1. The quantitative estimate of drug-likeness (QED) is 0.739. The summed E-state index contributed by atoms with van der Waals surface area (Å²) in [5.74, 6) is 0. The zero-order valence-electron chi connectivity index (χ0n) is 13.1. The zero-order chi connectivity index (χ0) is 18.2. The summed E-state index contributed by atoms with van der Waals surface area (Å²) in [6.07, 6.45) is 3.04. The topological polar surface area (TPSA) is 74.8 Å². The lowest BCUT2D eigenvalue weighted by Crippen LogP contribution is -2.35. The Morgan fingerprint density at radius 2 is 2.00 bits per heavy atom. The summed E-state index contributed by atoms with van der Waals surface area (Å²) >= 11 is 0. The first-order chi connectivity index (χ1) is 11.7.